The van der Waals surface area contributed by atoms with E-state index in [4.69, 9.17) is 0 Å². The molecular weight excluding hydrogens is 1340 g/mol. The summed E-state index contributed by atoms with van der Waals surface area (Å²) in [7, 11) is 0. The maximum Gasteiger partial charge on any atom is 0.252 e. The molecule has 4 aliphatic rings. The van der Waals surface area contributed by atoms with Gasteiger partial charge in [0.1, 0.15) is 0 Å². The number of para-hydroxylation sites is 1. The van der Waals surface area contributed by atoms with E-state index in [0.717, 1.165) is 57.3 Å². The Balaban J connectivity index is 0.906. The van der Waals surface area contributed by atoms with Crippen molar-refractivity contribution in [3.05, 3.63) is 306 Å². The second-order valence-electron chi connectivity index (χ2n) is 38.7. The van der Waals surface area contributed by atoms with E-state index in [9.17, 15) is 0 Å². The van der Waals surface area contributed by atoms with E-state index in [2.05, 4.69) is 404 Å². The van der Waals surface area contributed by atoms with Crippen LogP contribution in [0.3, 0.4) is 0 Å². The first-order valence-electron chi connectivity index (χ1n) is 40.7. The summed E-state index contributed by atoms with van der Waals surface area (Å²) in [4.78, 5) is 5.31. The van der Waals surface area contributed by atoms with E-state index >= 15 is 0 Å². The third kappa shape index (κ3) is 11.4. The number of aromatic nitrogens is 2. The number of anilines is 6. The topological polar surface area (TPSA) is 16.3 Å². The Hall–Kier alpha value is -10.9. The Morgan fingerprint density at radius 1 is 0.270 bits per heavy atom. The monoisotopic (exact) mass is 1440 g/mol. The molecule has 19 rings (SSSR count). The first-order valence-corrected chi connectivity index (χ1v) is 40.7. The molecule has 0 saturated carbocycles. The third-order valence-electron chi connectivity index (χ3n) is 26.5. The summed E-state index contributed by atoms with van der Waals surface area (Å²) in [6.07, 6.45) is 4.69. The van der Waals surface area contributed by atoms with Gasteiger partial charge < -0.3 is 18.9 Å². The molecule has 4 nitrogen and oxygen atoms in total. The Kier molecular flexibility index (Phi) is 15.8. The minimum Gasteiger partial charge on any atom is -0.311 e. The Bertz CT molecular complexity index is 6250. The SMILES string of the molecule is CC(C)(C)c1ccc2c(c1)c1cc(C(C)(C)C)ccc1n2-c1ccc2c(c1)N(c1ccc(-c3ccc4c(c3)C(C)(C)CCC4(C)C)cc1)c1cc(-n3c4ccccc4c4cc(-c5ccccc5)ccc43)cc3c1B2c1ccc(-c2ccccc2C(C)(C)C)cc1N3c1ccc(-c2ccc3c(c2)C(C)(C)CCC3(C)C)cc1. The van der Waals surface area contributed by atoms with Crippen LogP contribution in [0.4, 0.5) is 34.1 Å². The first-order chi connectivity index (χ1) is 52.9. The molecule has 2 aliphatic carbocycles. The standard InChI is InChI=1S/C106H103BN4/c1-100(2,3)73-39-51-93-82(61-73)83-62-74(101(4,5)6)40-52-94(83)110(93)77-45-49-90-96(63-77)109(76-43-33-68(34-44-76)71-36-47-86-88(59-71)106(16,17)56-54-104(86,12)13)98-65-78(111-91-30-24-22-28-80(91)81-57-69(38-50-92(81)111)66-25-19-18-20-26-66)64-97-99(98)107(90)89-48-37-72(79-27-21-23-29-84(79)102(7,8)9)60-95(89)108(97)75-41-31-67(32-42-75)70-35-46-85-87(58-70)105(14,15)55-53-103(85,10)11/h18-52,57-65H,53-56H2,1-17H3. The number of nitrogens with zero attached hydrogens (tertiary/aromatic N) is 4. The molecule has 5 heteroatoms. The highest BCUT2D eigenvalue weighted by atomic mass is 15.2. The zero-order valence-corrected chi connectivity index (χ0v) is 68.1. The minimum absolute atomic E-state index is 0.0434. The summed E-state index contributed by atoms with van der Waals surface area (Å²) < 4.78 is 5.13. The van der Waals surface area contributed by atoms with Gasteiger partial charge in [0, 0.05) is 61.4 Å². The van der Waals surface area contributed by atoms with Gasteiger partial charge in [-0.25, -0.2) is 0 Å². The maximum absolute atomic E-state index is 2.66. The molecule has 0 saturated heterocycles. The lowest BCUT2D eigenvalue weighted by Gasteiger charge is -2.45. The van der Waals surface area contributed by atoms with Crippen molar-refractivity contribution in [3.63, 3.8) is 0 Å². The molecule has 0 unspecified atom stereocenters. The number of benzene rings is 13. The average molecular weight is 1440 g/mol. The van der Waals surface area contributed by atoms with Crippen LogP contribution < -0.4 is 26.2 Å². The fourth-order valence-electron chi connectivity index (χ4n) is 19.8. The Labute approximate surface area is 658 Å². The van der Waals surface area contributed by atoms with Gasteiger partial charge in [-0.05, 0) is 260 Å². The minimum atomic E-state index is -0.180. The fraction of sp³-hybridized carbons (Fsp3) is 0.264. The van der Waals surface area contributed by atoms with Crippen LogP contribution in [0.5, 0.6) is 0 Å². The molecule has 0 radical (unpaired) electrons. The van der Waals surface area contributed by atoms with E-state index in [1.54, 1.807) is 0 Å². The third-order valence-corrected chi connectivity index (χ3v) is 26.5. The van der Waals surface area contributed by atoms with Gasteiger partial charge >= 0.3 is 0 Å². The van der Waals surface area contributed by atoms with Gasteiger partial charge in [0.15, 0.2) is 0 Å². The van der Waals surface area contributed by atoms with Gasteiger partial charge in [-0.3, -0.25) is 0 Å². The van der Waals surface area contributed by atoms with Gasteiger partial charge in [-0.2, -0.15) is 0 Å². The van der Waals surface area contributed by atoms with Crippen LogP contribution in [0.2, 0.25) is 0 Å². The first kappa shape index (κ1) is 70.5. The van der Waals surface area contributed by atoms with E-state index in [1.807, 2.05) is 0 Å². The van der Waals surface area contributed by atoms with Crippen molar-refractivity contribution < 1.29 is 0 Å². The van der Waals surface area contributed by atoms with Crippen LogP contribution in [-0.2, 0) is 37.9 Å². The van der Waals surface area contributed by atoms with Crippen molar-refractivity contribution in [2.45, 2.75) is 181 Å². The van der Waals surface area contributed by atoms with Gasteiger partial charge in [0.25, 0.3) is 6.71 Å². The lowest BCUT2D eigenvalue weighted by Crippen LogP contribution is -2.61. The number of hydrogen-bond donors (Lipinski definition) is 0. The lowest BCUT2D eigenvalue weighted by atomic mass is 9.33. The van der Waals surface area contributed by atoms with Crippen molar-refractivity contribution >= 4 is 101 Å². The summed E-state index contributed by atoms with van der Waals surface area (Å²) in [6.45, 7) is 40.4. The quantitative estimate of drug-likeness (QED) is 0.141. The molecule has 111 heavy (non-hydrogen) atoms. The summed E-state index contributed by atoms with van der Waals surface area (Å²) in [5, 5.41) is 4.99. The highest BCUT2D eigenvalue weighted by molar-refractivity contribution is 7.00. The van der Waals surface area contributed by atoms with Crippen LogP contribution in [-0.4, -0.2) is 15.8 Å². The molecule has 0 bridgehead atoms. The highest BCUT2D eigenvalue weighted by Crippen LogP contribution is 2.53. The van der Waals surface area contributed by atoms with Gasteiger partial charge in [0.2, 0.25) is 0 Å². The molecule has 550 valence electrons. The molecule has 0 spiro atoms. The van der Waals surface area contributed by atoms with Gasteiger partial charge in [-0.1, -0.05) is 288 Å². The van der Waals surface area contributed by atoms with Crippen molar-refractivity contribution in [2.75, 3.05) is 9.80 Å². The highest BCUT2D eigenvalue weighted by Gasteiger charge is 2.46. The number of rotatable bonds is 8. The molecule has 2 aromatic heterocycles. The van der Waals surface area contributed by atoms with E-state index in [-0.39, 0.29) is 44.6 Å². The normalized spacial score (nSPS) is 16.1. The molecule has 0 fully saturated rings. The van der Waals surface area contributed by atoms with Gasteiger partial charge in [-0.15, -0.1) is 0 Å². The number of hydrogen-bond acceptors (Lipinski definition) is 2. The molecule has 0 N–H and O–H groups in total. The Morgan fingerprint density at radius 3 is 1.19 bits per heavy atom. The summed E-state index contributed by atoms with van der Waals surface area (Å²) >= 11 is 0. The van der Waals surface area contributed by atoms with E-state index < -0.39 is 0 Å². The van der Waals surface area contributed by atoms with Crippen molar-refractivity contribution in [1.29, 1.82) is 0 Å². The molecule has 0 amide bonds. The van der Waals surface area contributed by atoms with Crippen molar-refractivity contribution in [2.24, 2.45) is 0 Å². The van der Waals surface area contributed by atoms with E-state index in [1.165, 1.54) is 157 Å². The predicted molar refractivity (Wildman–Crippen MR) is 478 cm³/mol. The van der Waals surface area contributed by atoms with Crippen LogP contribution >= 0.6 is 0 Å². The fourth-order valence-corrected chi connectivity index (χ4v) is 19.8. The van der Waals surface area contributed by atoms with Crippen LogP contribution in [0.25, 0.3) is 99.5 Å². The molecule has 13 aromatic carbocycles. The van der Waals surface area contributed by atoms with Crippen LogP contribution in [0.1, 0.15) is 182 Å². The summed E-state index contributed by atoms with van der Waals surface area (Å²) in [6, 6.07) is 105. The van der Waals surface area contributed by atoms with Crippen LogP contribution in [0, 0.1) is 0 Å². The zero-order chi connectivity index (χ0) is 77.0. The van der Waals surface area contributed by atoms with Gasteiger partial charge in [0.05, 0.1) is 27.8 Å². The molecule has 2 aliphatic heterocycles. The largest absolute Gasteiger partial charge is 0.311 e. The lowest BCUT2D eigenvalue weighted by molar-refractivity contribution is 0.332. The molecular formula is C106H103BN4. The van der Waals surface area contributed by atoms with Crippen molar-refractivity contribution in [1.82, 2.24) is 9.13 Å². The number of fused-ring (bicyclic) bond motifs is 12. The predicted octanol–water partition coefficient (Wildman–Crippen LogP) is 27.2. The molecule has 0 atom stereocenters. The van der Waals surface area contributed by atoms with E-state index in [0.29, 0.717) is 0 Å². The van der Waals surface area contributed by atoms with Crippen molar-refractivity contribution in [3.8, 4) is 55.9 Å². The smallest absolute Gasteiger partial charge is 0.252 e. The summed E-state index contributed by atoms with van der Waals surface area (Å²) in [5.74, 6) is 0. The average Bonchev–Trinajstić information content (AvgIpc) is 1.59. The Morgan fingerprint density at radius 2 is 0.658 bits per heavy atom. The molecule has 4 heterocycles. The summed E-state index contributed by atoms with van der Waals surface area (Å²) in [5.41, 5.74) is 37.5. The maximum atomic E-state index is 2.66. The second kappa shape index (κ2) is 24.8. The molecule has 15 aromatic rings. The zero-order valence-electron chi connectivity index (χ0n) is 68.1. The second-order valence-corrected chi connectivity index (χ2v) is 38.7. The van der Waals surface area contributed by atoms with Crippen LogP contribution in [0.15, 0.2) is 267 Å².